The van der Waals surface area contributed by atoms with Crippen LogP contribution in [0.5, 0.6) is 0 Å². The summed E-state index contributed by atoms with van der Waals surface area (Å²) in [6, 6.07) is 3.81. The van der Waals surface area contributed by atoms with Crippen molar-refractivity contribution >= 4 is 11.7 Å². The first-order chi connectivity index (χ1) is 12.3. The van der Waals surface area contributed by atoms with Crippen LogP contribution < -0.4 is 4.90 Å². The number of aromatic nitrogens is 4. The highest BCUT2D eigenvalue weighted by Gasteiger charge is 2.38. The molecule has 0 spiro atoms. The van der Waals surface area contributed by atoms with Gasteiger partial charge in [0, 0.05) is 39.5 Å². The fraction of sp³-hybridized carbons (Fsp3) is 0.529. The smallest absolute Gasteiger partial charge is 0.255 e. The molecule has 4 rings (SSSR count). The summed E-state index contributed by atoms with van der Waals surface area (Å²) in [6.07, 6.45) is 5.71. The van der Waals surface area contributed by atoms with Crippen molar-refractivity contribution in [1.82, 2.24) is 25.3 Å². The van der Waals surface area contributed by atoms with E-state index in [1.165, 1.54) is 12.8 Å². The molecule has 2 aromatic heterocycles. The Kier molecular flexibility index (Phi) is 4.35. The van der Waals surface area contributed by atoms with Crippen LogP contribution in [0.4, 0.5) is 5.82 Å². The monoisotopic (exact) mass is 342 g/mol. The Bertz CT molecular complexity index is 711. The van der Waals surface area contributed by atoms with Crippen LogP contribution in [0.25, 0.3) is 0 Å². The third-order valence-electron chi connectivity index (χ3n) is 5.09. The lowest BCUT2D eigenvalue weighted by molar-refractivity contribution is 0.0714. The van der Waals surface area contributed by atoms with Gasteiger partial charge in [0.25, 0.3) is 5.91 Å². The summed E-state index contributed by atoms with van der Waals surface area (Å²) >= 11 is 0. The molecule has 2 aliphatic heterocycles. The SMILES string of the molecule is CO[C@@H]1CN(C(=O)c2ccc(N3CCCC3)nc2)C[C@H]1c1cn[nH]n1. The molecule has 2 saturated heterocycles. The number of H-pyrrole nitrogens is 1. The van der Waals surface area contributed by atoms with Crippen molar-refractivity contribution in [3.63, 3.8) is 0 Å². The number of anilines is 1. The number of likely N-dealkylation sites (tertiary alicyclic amines) is 1. The summed E-state index contributed by atoms with van der Waals surface area (Å²) in [5.41, 5.74) is 1.43. The number of pyridine rings is 1. The quantitative estimate of drug-likeness (QED) is 0.894. The minimum atomic E-state index is -0.0779. The number of methoxy groups -OCH3 is 1. The van der Waals surface area contributed by atoms with E-state index < -0.39 is 0 Å². The van der Waals surface area contributed by atoms with Crippen LogP contribution in [-0.4, -0.2) is 70.6 Å². The van der Waals surface area contributed by atoms with Gasteiger partial charge in [-0.3, -0.25) is 4.79 Å². The molecule has 0 bridgehead atoms. The van der Waals surface area contributed by atoms with Crippen LogP contribution in [0.3, 0.4) is 0 Å². The highest BCUT2D eigenvalue weighted by atomic mass is 16.5. The topological polar surface area (TPSA) is 87.2 Å². The van der Waals surface area contributed by atoms with E-state index in [-0.39, 0.29) is 17.9 Å². The average molecular weight is 342 g/mol. The Labute approximate surface area is 146 Å². The van der Waals surface area contributed by atoms with Gasteiger partial charge < -0.3 is 14.5 Å². The molecule has 2 aliphatic rings. The molecule has 132 valence electrons. The van der Waals surface area contributed by atoms with E-state index >= 15 is 0 Å². The van der Waals surface area contributed by atoms with Gasteiger partial charge >= 0.3 is 0 Å². The maximum atomic E-state index is 12.8. The van der Waals surface area contributed by atoms with E-state index in [1.54, 1.807) is 24.4 Å². The number of amides is 1. The standard InChI is InChI=1S/C17H22N6O2/c1-25-15-11-23(10-13(15)14-9-19-21-20-14)17(24)12-4-5-16(18-8-12)22-6-2-3-7-22/h4-5,8-9,13,15H,2-3,6-7,10-11H2,1H3,(H,19,20,21)/t13-,15+/m0/s1. The number of nitrogens with one attached hydrogen (secondary N) is 1. The third-order valence-corrected chi connectivity index (χ3v) is 5.09. The van der Waals surface area contributed by atoms with Gasteiger partial charge in [0.05, 0.1) is 29.5 Å². The molecule has 2 aromatic rings. The van der Waals surface area contributed by atoms with Gasteiger partial charge in [-0.1, -0.05) is 0 Å². The van der Waals surface area contributed by atoms with Crippen molar-refractivity contribution in [2.45, 2.75) is 24.9 Å². The second-order valence-electron chi connectivity index (χ2n) is 6.58. The van der Waals surface area contributed by atoms with Crippen LogP contribution in [0.15, 0.2) is 24.5 Å². The zero-order chi connectivity index (χ0) is 17.2. The lowest BCUT2D eigenvalue weighted by Gasteiger charge is -2.18. The minimum Gasteiger partial charge on any atom is -0.379 e. The number of aromatic amines is 1. The third kappa shape index (κ3) is 3.09. The normalized spacial score (nSPS) is 23.4. The van der Waals surface area contributed by atoms with Crippen LogP contribution in [0, 0.1) is 0 Å². The Hall–Kier alpha value is -2.48. The van der Waals surface area contributed by atoms with Crippen LogP contribution in [-0.2, 0) is 4.74 Å². The summed E-state index contributed by atoms with van der Waals surface area (Å²) in [5, 5.41) is 10.6. The van der Waals surface area contributed by atoms with E-state index in [9.17, 15) is 4.79 Å². The Morgan fingerprint density at radius 2 is 2.08 bits per heavy atom. The van der Waals surface area contributed by atoms with Gasteiger partial charge in [0.2, 0.25) is 0 Å². The molecule has 4 heterocycles. The highest BCUT2D eigenvalue weighted by molar-refractivity contribution is 5.94. The van der Waals surface area contributed by atoms with E-state index in [0.29, 0.717) is 18.7 Å². The molecule has 8 heteroatoms. The molecule has 1 amide bonds. The lowest BCUT2D eigenvalue weighted by atomic mass is 10.0. The molecule has 0 saturated carbocycles. The van der Waals surface area contributed by atoms with Crippen LogP contribution in [0.2, 0.25) is 0 Å². The zero-order valence-corrected chi connectivity index (χ0v) is 14.3. The molecule has 1 N–H and O–H groups in total. The highest BCUT2D eigenvalue weighted by Crippen LogP contribution is 2.29. The van der Waals surface area contributed by atoms with Crippen molar-refractivity contribution in [2.24, 2.45) is 0 Å². The largest absolute Gasteiger partial charge is 0.379 e. The number of rotatable bonds is 4. The molecular formula is C17H22N6O2. The molecule has 2 atom stereocenters. The summed E-state index contributed by atoms with van der Waals surface area (Å²) < 4.78 is 5.55. The zero-order valence-electron chi connectivity index (χ0n) is 14.3. The second kappa shape index (κ2) is 6.79. The van der Waals surface area contributed by atoms with Gasteiger partial charge in [-0.2, -0.15) is 15.4 Å². The van der Waals surface area contributed by atoms with Crippen molar-refractivity contribution in [2.75, 3.05) is 38.2 Å². The fourth-order valence-corrected chi connectivity index (χ4v) is 3.68. The predicted octanol–water partition coefficient (Wildman–Crippen LogP) is 1.05. The lowest BCUT2D eigenvalue weighted by Crippen LogP contribution is -2.30. The van der Waals surface area contributed by atoms with E-state index in [2.05, 4.69) is 25.3 Å². The van der Waals surface area contributed by atoms with E-state index in [1.807, 2.05) is 12.1 Å². The number of carbonyl (C=O) groups is 1. The number of hydrogen-bond acceptors (Lipinski definition) is 6. The summed E-state index contributed by atoms with van der Waals surface area (Å²) in [7, 11) is 1.66. The van der Waals surface area contributed by atoms with Crippen molar-refractivity contribution in [1.29, 1.82) is 0 Å². The average Bonchev–Trinajstić information content (AvgIpc) is 3.42. The fourth-order valence-electron chi connectivity index (χ4n) is 3.68. The first kappa shape index (κ1) is 16.0. The summed E-state index contributed by atoms with van der Waals surface area (Å²) in [6.45, 7) is 3.20. The number of nitrogens with zero attached hydrogens (tertiary/aromatic N) is 5. The maximum absolute atomic E-state index is 12.8. The van der Waals surface area contributed by atoms with Gasteiger partial charge in [-0.05, 0) is 25.0 Å². The Morgan fingerprint density at radius 1 is 1.24 bits per heavy atom. The van der Waals surface area contributed by atoms with Crippen molar-refractivity contribution in [3.05, 3.63) is 35.8 Å². The van der Waals surface area contributed by atoms with Gasteiger partial charge in [-0.25, -0.2) is 4.98 Å². The van der Waals surface area contributed by atoms with E-state index in [4.69, 9.17) is 4.74 Å². The molecule has 8 nitrogen and oxygen atoms in total. The van der Waals surface area contributed by atoms with Crippen LogP contribution >= 0.6 is 0 Å². The first-order valence-corrected chi connectivity index (χ1v) is 8.65. The van der Waals surface area contributed by atoms with Gasteiger partial charge in [-0.15, -0.1) is 0 Å². The predicted molar refractivity (Wildman–Crippen MR) is 91.5 cm³/mol. The Balaban J connectivity index is 1.47. The van der Waals surface area contributed by atoms with E-state index in [0.717, 1.165) is 24.6 Å². The second-order valence-corrected chi connectivity index (χ2v) is 6.58. The first-order valence-electron chi connectivity index (χ1n) is 8.65. The van der Waals surface area contributed by atoms with Crippen molar-refractivity contribution in [3.8, 4) is 0 Å². The number of carbonyl (C=O) groups excluding carboxylic acids is 1. The molecular weight excluding hydrogens is 320 g/mol. The Morgan fingerprint density at radius 3 is 2.72 bits per heavy atom. The van der Waals surface area contributed by atoms with Gasteiger partial charge in [0.1, 0.15) is 5.82 Å². The molecule has 25 heavy (non-hydrogen) atoms. The molecule has 0 aliphatic carbocycles. The number of ether oxygens (including phenoxy) is 1. The summed E-state index contributed by atoms with van der Waals surface area (Å²) in [5.74, 6) is 0.962. The van der Waals surface area contributed by atoms with Crippen molar-refractivity contribution < 1.29 is 9.53 Å². The maximum Gasteiger partial charge on any atom is 0.255 e. The minimum absolute atomic E-state index is 0.0199. The molecule has 0 aromatic carbocycles. The number of hydrogen-bond donors (Lipinski definition) is 1. The van der Waals surface area contributed by atoms with Gasteiger partial charge in [0.15, 0.2) is 0 Å². The molecule has 2 fully saturated rings. The molecule has 0 unspecified atom stereocenters. The molecule has 0 radical (unpaired) electrons. The van der Waals surface area contributed by atoms with Crippen LogP contribution in [0.1, 0.15) is 34.8 Å². The summed E-state index contributed by atoms with van der Waals surface area (Å²) in [4.78, 5) is 21.4.